The molecule has 0 rings (SSSR count). The molecule has 0 saturated heterocycles. The van der Waals surface area contributed by atoms with Gasteiger partial charge in [-0.05, 0) is 27.7 Å². The first-order valence-corrected chi connectivity index (χ1v) is 6.40. The van der Waals surface area contributed by atoms with Crippen LogP contribution < -0.4 is 0 Å². The van der Waals surface area contributed by atoms with E-state index in [0.29, 0.717) is 32.2 Å². The van der Waals surface area contributed by atoms with E-state index in [1.807, 2.05) is 20.8 Å². The summed E-state index contributed by atoms with van der Waals surface area (Å²) in [6, 6.07) is 0. The molecule has 0 amide bonds. The first-order valence-electron chi connectivity index (χ1n) is 6.40. The Balaban J connectivity index is 4.54. The van der Waals surface area contributed by atoms with E-state index in [0.717, 1.165) is 0 Å². The first kappa shape index (κ1) is 16.9. The third-order valence-corrected chi connectivity index (χ3v) is 1.94. The molecule has 0 aliphatic carbocycles. The topological polar surface area (TPSA) is 54.0 Å². The molecule has 0 aliphatic rings. The van der Waals surface area contributed by atoms with E-state index in [9.17, 15) is 4.79 Å². The molecule has 0 N–H and O–H groups in total. The average molecular weight is 260 g/mol. The minimum Gasteiger partial charge on any atom is -0.498 e. The van der Waals surface area contributed by atoms with Gasteiger partial charge >= 0.3 is 5.97 Å². The molecule has 0 aromatic rings. The maximum atomic E-state index is 11.4. The van der Waals surface area contributed by atoms with Crippen LogP contribution in [-0.2, 0) is 23.7 Å². The minimum absolute atomic E-state index is 0.0956. The Morgan fingerprint density at radius 2 is 1.50 bits per heavy atom. The Bertz CT molecular complexity index is 244. The van der Waals surface area contributed by atoms with Gasteiger partial charge in [0.2, 0.25) is 0 Å². The number of carbonyl (C=O) groups is 1. The third-order valence-electron chi connectivity index (χ3n) is 1.94. The zero-order chi connectivity index (χ0) is 13.8. The molecule has 0 heterocycles. The average Bonchev–Trinajstić information content (AvgIpc) is 2.30. The zero-order valence-electron chi connectivity index (χ0n) is 11.7. The molecule has 5 nitrogen and oxygen atoms in total. The van der Waals surface area contributed by atoms with E-state index < -0.39 is 6.29 Å². The summed E-state index contributed by atoms with van der Waals surface area (Å²) in [6.07, 6.45) is 1.28. The summed E-state index contributed by atoms with van der Waals surface area (Å²) in [7, 11) is 0. The van der Waals surface area contributed by atoms with Crippen LogP contribution in [0.15, 0.2) is 11.8 Å². The van der Waals surface area contributed by atoms with Crippen LogP contribution in [0.4, 0.5) is 0 Å². The van der Waals surface area contributed by atoms with Gasteiger partial charge in [-0.1, -0.05) is 0 Å². The lowest BCUT2D eigenvalue weighted by atomic mass is 10.3. The Hall–Kier alpha value is -1.07. The van der Waals surface area contributed by atoms with Gasteiger partial charge < -0.3 is 18.9 Å². The third kappa shape index (κ3) is 8.08. The molecular weight excluding hydrogens is 236 g/mol. The van der Waals surface area contributed by atoms with Crippen molar-refractivity contribution in [2.75, 3.05) is 26.4 Å². The fourth-order valence-corrected chi connectivity index (χ4v) is 1.32. The lowest BCUT2D eigenvalue weighted by molar-refractivity contribution is -0.143. The second kappa shape index (κ2) is 11.0. The Morgan fingerprint density at radius 1 is 0.944 bits per heavy atom. The molecule has 0 aliphatic heterocycles. The summed E-state index contributed by atoms with van der Waals surface area (Å²) in [5.41, 5.74) is 0. The fraction of sp³-hybridized carbons (Fsp3) is 0.769. The predicted octanol–water partition coefficient (Wildman–Crippen LogP) is 2.26. The summed E-state index contributed by atoms with van der Waals surface area (Å²) in [5, 5.41) is 0. The molecule has 18 heavy (non-hydrogen) atoms. The second-order valence-corrected chi connectivity index (χ2v) is 3.33. The highest BCUT2D eigenvalue weighted by Gasteiger charge is 2.12. The smallest absolute Gasteiger partial charge is 0.313 e. The van der Waals surface area contributed by atoms with Crippen LogP contribution in [0.2, 0.25) is 0 Å². The molecule has 0 fully saturated rings. The van der Waals surface area contributed by atoms with Crippen molar-refractivity contribution in [3.05, 3.63) is 11.8 Å². The normalized spacial score (nSPS) is 11.7. The number of carbonyl (C=O) groups excluding carboxylic acids is 1. The summed E-state index contributed by atoms with van der Waals surface area (Å²) in [5.74, 6) is 0.201. The Morgan fingerprint density at radius 3 is 1.94 bits per heavy atom. The van der Waals surface area contributed by atoms with Gasteiger partial charge in [0.15, 0.2) is 6.29 Å². The summed E-state index contributed by atoms with van der Waals surface area (Å²) in [6.45, 7) is 9.28. The van der Waals surface area contributed by atoms with Crippen molar-refractivity contribution in [2.24, 2.45) is 0 Å². The maximum Gasteiger partial charge on any atom is 0.313 e. The molecule has 0 bridgehead atoms. The summed E-state index contributed by atoms with van der Waals surface area (Å²) >= 11 is 0. The van der Waals surface area contributed by atoms with Gasteiger partial charge in [0.05, 0.1) is 13.2 Å². The Kier molecular flexibility index (Phi) is 10.4. The summed E-state index contributed by atoms with van der Waals surface area (Å²) < 4.78 is 21.0. The summed E-state index contributed by atoms with van der Waals surface area (Å²) in [4.78, 5) is 11.4. The van der Waals surface area contributed by atoms with E-state index in [1.165, 1.54) is 0 Å². The molecule has 0 saturated carbocycles. The van der Waals surface area contributed by atoms with Crippen molar-refractivity contribution in [2.45, 2.75) is 40.4 Å². The molecule has 5 heteroatoms. The first-order chi connectivity index (χ1) is 8.67. The molecule has 0 aromatic heterocycles. The van der Waals surface area contributed by atoms with Gasteiger partial charge in [-0.3, -0.25) is 4.79 Å². The van der Waals surface area contributed by atoms with E-state index >= 15 is 0 Å². The van der Waals surface area contributed by atoms with Gasteiger partial charge in [0, 0.05) is 19.3 Å². The predicted molar refractivity (Wildman–Crippen MR) is 68.0 cm³/mol. The van der Waals surface area contributed by atoms with Crippen LogP contribution in [0.25, 0.3) is 0 Å². The van der Waals surface area contributed by atoms with Crippen molar-refractivity contribution in [1.29, 1.82) is 0 Å². The van der Waals surface area contributed by atoms with E-state index in [1.54, 1.807) is 13.0 Å². The van der Waals surface area contributed by atoms with Crippen LogP contribution in [0, 0.1) is 0 Å². The lowest BCUT2D eigenvalue weighted by Crippen LogP contribution is -2.17. The maximum absolute atomic E-state index is 11.4. The molecular formula is C13H24O5. The van der Waals surface area contributed by atoms with Gasteiger partial charge in [0.1, 0.15) is 12.2 Å². The quantitative estimate of drug-likeness (QED) is 0.342. The van der Waals surface area contributed by atoms with E-state index in [4.69, 9.17) is 18.9 Å². The fourth-order valence-electron chi connectivity index (χ4n) is 1.32. The highest BCUT2D eigenvalue weighted by atomic mass is 16.7. The van der Waals surface area contributed by atoms with Gasteiger partial charge in [-0.25, -0.2) is 0 Å². The molecule has 0 spiro atoms. The lowest BCUT2D eigenvalue weighted by Gasteiger charge is -2.15. The highest BCUT2D eigenvalue weighted by Crippen LogP contribution is 2.10. The molecule has 106 valence electrons. The number of hydrogen-bond acceptors (Lipinski definition) is 5. The number of rotatable bonds is 10. The van der Waals surface area contributed by atoms with Gasteiger partial charge in [0.25, 0.3) is 0 Å². The van der Waals surface area contributed by atoms with Gasteiger partial charge in [-0.15, -0.1) is 0 Å². The molecule has 0 radical (unpaired) electrons. The monoisotopic (exact) mass is 260 g/mol. The zero-order valence-corrected chi connectivity index (χ0v) is 11.7. The number of esters is 1. The van der Waals surface area contributed by atoms with Crippen LogP contribution in [-0.4, -0.2) is 38.7 Å². The van der Waals surface area contributed by atoms with Crippen molar-refractivity contribution in [3.8, 4) is 0 Å². The van der Waals surface area contributed by atoms with Crippen LogP contribution in [0.5, 0.6) is 0 Å². The highest BCUT2D eigenvalue weighted by molar-refractivity contribution is 5.71. The molecule has 0 aromatic carbocycles. The van der Waals surface area contributed by atoms with E-state index in [2.05, 4.69) is 0 Å². The van der Waals surface area contributed by atoms with Gasteiger partial charge in [-0.2, -0.15) is 0 Å². The minimum atomic E-state index is -0.490. The Labute approximate surface area is 109 Å². The van der Waals surface area contributed by atoms with Crippen molar-refractivity contribution in [3.63, 3.8) is 0 Å². The van der Waals surface area contributed by atoms with Crippen molar-refractivity contribution in [1.82, 2.24) is 0 Å². The number of hydrogen-bond donors (Lipinski definition) is 0. The van der Waals surface area contributed by atoms with Crippen molar-refractivity contribution < 1.29 is 23.7 Å². The van der Waals surface area contributed by atoms with Crippen LogP contribution in [0.1, 0.15) is 34.1 Å². The standard InChI is InChI=1S/C13H24O5/c1-5-15-11(9-12(14)16-6-2)10-13(17-7-3)18-8-4/h10,13H,5-9H2,1-4H3. The van der Waals surface area contributed by atoms with Crippen molar-refractivity contribution >= 4 is 5.97 Å². The van der Waals surface area contributed by atoms with E-state index in [-0.39, 0.29) is 12.4 Å². The number of ether oxygens (including phenoxy) is 4. The largest absolute Gasteiger partial charge is 0.498 e. The van der Waals surface area contributed by atoms with Crippen LogP contribution in [0.3, 0.4) is 0 Å². The van der Waals surface area contributed by atoms with Crippen LogP contribution >= 0.6 is 0 Å². The SMILES string of the molecule is CCOC(=O)CC(=CC(OCC)OCC)OCC. The molecule has 0 unspecified atom stereocenters. The second-order valence-electron chi connectivity index (χ2n) is 3.33. The molecule has 0 atom stereocenters.